The van der Waals surface area contributed by atoms with E-state index in [1.807, 2.05) is 61.5 Å². The Morgan fingerprint density at radius 3 is 2.25 bits per heavy atom. The number of benzene rings is 2. The zero-order chi connectivity index (χ0) is 11.4. The van der Waals surface area contributed by atoms with Crippen LogP contribution < -0.4 is 3.07 Å². The van der Waals surface area contributed by atoms with Crippen LogP contribution in [0.15, 0.2) is 54.6 Å². The van der Waals surface area contributed by atoms with Gasteiger partial charge in [-0.15, -0.1) is 0 Å². The number of hydrogen-bond acceptors (Lipinski definition) is 2. The van der Waals surface area contributed by atoms with Crippen LogP contribution in [-0.4, -0.2) is 3.44 Å². The first-order chi connectivity index (χ1) is 7.77. The second-order valence-corrected chi connectivity index (χ2v) is 6.37. The molecule has 0 aromatic heterocycles. The van der Waals surface area contributed by atoms with Gasteiger partial charge in [-0.3, -0.25) is 0 Å². The SMILES string of the molecule is Cc1ccccc1OI(O)c1ccccc1. The van der Waals surface area contributed by atoms with E-state index in [9.17, 15) is 3.44 Å². The summed E-state index contributed by atoms with van der Waals surface area (Å²) in [5.41, 5.74) is 1.05. The van der Waals surface area contributed by atoms with Gasteiger partial charge in [0.05, 0.1) is 0 Å². The van der Waals surface area contributed by atoms with Crippen molar-refractivity contribution in [1.82, 2.24) is 0 Å². The van der Waals surface area contributed by atoms with Crippen LogP contribution in [0.4, 0.5) is 0 Å². The molecule has 0 atom stereocenters. The van der Waals surface area contributed by atoms with Gasteiger partial charge in [0.2, 0.25) is 0 Å². The van der Waals surface area contributed by atoms with Crippen LogP contribution in [0.5, 0.6) is 5.75 Å². The minimum atomic E-state index is -2.49. The van der Waals surface area contributed by atoms with Crippen LogP contribution >= 0.6 is 20.6 Å². The molecule has 2 rings (SSSR count). The van der Waals surface area contributed by atoms with Gasteiger partial charge < -0.3 is 0 Å². The molecule has 0 spiro atoms. The molecule has 0 aliphatic heterocycles. The Labute approximate surface area is 103 Å². The van der Waals surface area contributed by atoms with E-state index in [2.05, 4.69) is 0 Å². The van der Waals surface area contributed by atoms with Crippen molar-refractivity contribution >= 4 is 20.6 Å². The van der Waals surface area contributed by atoms with Crippen molar-refractivity contribution in [2.45, 2.75) is 6.92 Å². The molecule has 0 heterocycles. The van der Waals surface area contributed by atoms with Gasteiger partial charge in [-0.1, -0.05) is 0 Å². The number of aryl methyl sites for hydroxylation is 1. The fraction of sp³-hybridized carbons (Fsp3) is 0.0769. The standard InChI is InChI=1S/C13H13IO2/c1-11-7-5-6-10-13(11)16-14(15)12-8-3-2-4-9-12/h2-10,15H,1H3. The molecule has 16 heavy (non-hydrogen) atoms. The van der Waals surface area contributed by atoms with Gasteiger partial charge >= 0.3 is 104 Å². The Morgan fingerprint density at radius 2 is 1.56 bits per heavy atom. The Bertz CT molecular complexity index is 456. The maximum atomic E-state index is 10.0. The van der Waals surface area contributed by atoms with Gasteiger partial charge in [0.1, 0.15) is 0 Å². The van der Waals surface area contributed by atoms with E-state index >= 15 is 0 Å². The van der Waals surface area contributed by atoms with E-state index < -0.39 is 20.6 Å². The maximum absolute atomic E-state index is 10.0. The summed E-state index contributed by atoms with van der Waals surface area (Å²) in [6.07, 6.45) is 0. The number of rotatable bonds is 3. The molecular formula is C13H13IO2. The molecule has 84 valence electrons. The Kier molecular flexibility index (Phi) is 3.79. The van der Waals surface area contributed by atoms with E-state index in [1.54, 1.807) is 0 Å². The molecule has 0 aliphatic rings. The number of para-hydroxylation sites is 1. The molecule has 0 bridgehead atoms. The average molecular weight is 328 g/mol. The molecule has 0 unspecified atom stereocenters. The quantitative estimate of drug-likeness (QED) is 0.873. The first kappa shape index (κ1) is 11.4. The van der Waals surface area contributed by atoms with Crippen molar-refractivity contribution in [3.63, 3.8) is 0 Å². The summed E-state index contributed by atoms with van der Waals surface area (Å²) in [5, 5.41) is 0. The van der Waals surface area contributed by atoms with Crippen LogP contribution in [0.2, 0.25) is 0 Å². The number of halogens is 1. The fourth-order valence-corrected chi connectivity index (χ4v) is 3.52. The molecule has 0 saturated heterocycles. The normalized spacial score (nSPS) is 11.0. The molecule has 1 N–H and O–H groups in total. The summed E-state index contributed by atoms with van der Waals surface area (Å²) in [6, 6.07) is 17.3. The molecule has 2 aromatic rings. The topological polar surface area (TPSA) is 29.5 Å². The molecule has 0 radical (unpaired) electrons. The van der Waals surface area contributed by atoms with Crippen molar-refractivity contribution in [2.24, 2.45) is 0 Å². The summed E-state index contributed by atoms with van der Waals surface area (Å²) in [5.74, 6) is 0.777. The molecular weight excluding hydrogens is 315 g/mol. The van der Waals surface area contributed by atoms with Gasteiger partial charge in [-0.05, 0) is 0 Å². The van der Waals surface area contributed by atoms with Crippen molar-refractivity contribution in [2.75, 3.05) is 0 Å². The third-order valence-corrected chi connectivity index (χ3v) is 4.85. The van der Waals surface area contributed by atoms with E-state index in [0.717, 1.165) is 14.9 Å². The molecule has 3 heteroatoms. The zero-order valence-electron chi connectivity index (χ0n) is 8.93. The zero-order valence-corrected chi connectivity index (χ0v) is 11.1. The molecule has 2 aromatic carbocycles. The van der Waals surface area contributed by atoms with Crippen molar-refractivity contribution in [1.29, 1.82) is 0 Å². The van der Waals surface area contributed by atoms with Crippen molar-refractivity contribution < 1.29 is 6.50 Å². The van der Waals surface area contributed by atoms with E-state index in [4.69, 9.17) is 3.07 Å². The van der Waals surface area contributed by atoms with Crippen molar-refractivity contribution in [3.05, 3.63) is 63.7 Å². The van der Waals surface area contributed by atoms with E-state index in [-0.39, 0.29) is 0 Å². The second kappa shape index (κ2) is 5.32. The third-order valence-electron chi connectivity index (χ3n) is 2.17. The van der Waals surface area contributed by atoms with E-state index in [1.165, 1.54) is 0 Å². The van der Waals surface area contributed by atoms with Crippen LogP contribution in [0.25, 0.3) is 0 Å². The molecule has 0 fully saturated rings. The van der Waals surface area contributed by atoms with Gasteiger partial charge in [0, 0.05) is 0 Å². The molecule has 0 aliphatic carbocycles. The molecule has 0 saturated carbocycles. The first-order valence-corrected chi connectivity index (χ1v) is 7.88. The third kappa shape index (κ3) is 2.74. The predicted molar refractivity (Wildman–Crippen MR) is 73.2 cm³/mol. The van der Waals surface area contributed by atoms with Crippen LogP contribution in [0.3, 0.4) is 0 Å². The van der Waals surface area contributed by atoms with Crippen molar-refractivity contribution in [3.8, 4) is 5.75 Å². The monoisotopic (exact) mass is 328 g/mol. The van der Waals surface area contributed by atoms with Gasteiger partial charge in [-0.25, -0.2) is 0 Å². The summed E-state index contributed by atoms with van der Waals surface area (Å²) in [6.45, 7) is 1.98. The Hall–Kier alpha value is -1.07. The summed E-state index contributed by atoms with van der Waals surface area (Å²) in [4.78, 5) is 0. The van der Waals surface area contributed by atoms with E-state index in [0.29, 0.717) is 0 Å². The molecule has 2 nitrogen and oxygen atoms in total. The fourth-order valence-electron chi connectivity index (χ4n) is 1.29. The van der Waals surface area contributed by atoms with Crippen LogP contribution in [-0.2, 0) is 0 Å². The first-order valence-electron chi connectivity index (χ1n) is 4.95. The minimum absolute atomic E-state index is 0.777. The number of hydrogen-bond donors (Lipinski definition) is 1. The average Bonchev–Trinajstić information content (AvgIpc) is 2.33. The Morgan fingerprint density at radius 1 is 0.938 bits per heavy atom. The molecule has 0 amide bonds. The summed E-state index contributed by atoms with van der Waals surface area (Å²) < 4.78 is 16.6. The van der Waals surface area contributed by atoms with Crippen LogP contribution in [0.1, 0.15) is 5.56 Å². The summed E-state index contributed by atoms with van der Waals surface area (Å²) >= 11 is -2.49. The summed E-state index contributed by atoms with van der Waals surface area (Å²) in [7, 11) is 0. The predicted octanol–water partition coefficient (Wildman–Crippen LogP) is 3.57. The van der Waals surface area contributed by atoms with Gasteiger partial charge in [0.15, 0.2) is 0 Å². The van der Waals surface area contributed by atoms with Gasteiger partial charge in [-0.2, -0.15) is 0 Å². The second-order valence-electron chi connectivity index (χ2n) is 3.37. The Balaban J connectivity index is 2.14. The van der Waals surface area contributed by atoms with Crippen LogP contribution in [0, 0.1) is 10.5 Å². The van der Waals surface area contributed by atoms with Gasteiger partial charge in [0.25, 0.3) is 0 Å².